The molecule has 0 atom stereocenters. The molecule has 2 aromatic carbocycles. The van der Waals surface area contributed by atoms with Crippen molar-refractivity contribution in [2.24, 2.45) is 0 Å². The number of nitro groups is 1. The van der Waals surface area contributed by atoms with Crippen LogP contribution >= 0.6 is 15.9 Å². The van der Waals surface area contributed by atoms with Gasteiger partial charge in [-0.15, -0.1) is 0 Å². The number of benzene rings is 2. The summed E-state index contributed by atoms with van der Waals surface area (Å²) in [6, 6.07) is 8.11. The largest absolute Gasteiger partial charge is 0.490 e. The number of rotatable bonds is 6. The molecule has 0 N–H and O–H groups in total. The van der Waals surface area contributed by atoms with Crippen LogP contribution in [0.5, 0.6) is 11.5 Å². The van der Waals surface area contributed by atoms with Crippen LogP contribution in [0.2, 0.25) is 0 Å². The molecular weight excluding hydrogens is 382 g/mol. The number of esters is 1. The lowest BCUT2D eigenvalue weighted by Crippen LogP contribution is -2.10. The predicted octanol–water partition coefficient (Wildman–Crippen LogP) is 3.79. The number of carbonyl (C=O) groups excluding carboxylic acids is 2. The maximum absolute atomic E-state index is 12.3. The Morgan fingerprint density at radius 3 is 2.71 bits per heavy atom. The molecule has 0 spiro atoms. The number of ether oxygens (including phenoxy) is 2. The normalized spacial score (nSPS) is 10.1. The summed E-state index contributed by atoms with van der Waals surface area (Å²) >= 11 is 3.22. The lowest BCUT2D eigenvalue weighted by molar-refractivity contribution is -0.384. The van der Waals surface area contributed by atoms with Crippen molar-refractivity contribution in [2.75, 3.05) is 6.61 Å². The molecule has 0 heterocycles. The van der Waals surface area contributed by atoms with Crippen LogP contribution in [0, 0.1) is 10.1 Å². The van der Waals surface area contributed by atoms with Gasteiger partial charge in [0.2, 0.25) is 0 Å². The maximum Gasteiger partial charge on any atom is 0.343 e. The van der Waals surface area contributed by atoms with Crippen LogP contribution in [0.3, 0.4) is 0 Å². The fourth-order valence-electron chi connectivity index (χ4n) is 1.92. The first kappa shape index (κ1) is 17.6. The van der Waals surface area contributed by atoms with Crippen LogP contribution in [-0.4, -0.2) is 23.8 Å². The monoisotopic (exact) mass is 393 g/mol. The van der Waals surface area contributed by atoms with Gasteiger partial charge in [-0.05, 0) is 41.1 Å². The molecule has 0 saturated carbocycles. The number of aldehydes is 1. The molecule has 0 aliphatic heterocycles. The van der Waals surface area contributed by atoms with Crippen LogP contribution < -0.4 is 9.47 Å². The van der Waals surface area contributed by atoms with E-state index >= 15 is 0 Å². The minimum Gasteiger partial charge on any atom is -0.490 e. The highest BCUT2D eigenvalue weighted by Gasteiger charge is 2.19. The number of non-ortho nitro benzene ring substituents is 1. The van der Waals surface area contributed by atoms with Crippen molar-refractivity contribution < 1.29 is 24.0 Å². The Kier molecular flexibility index (Phi) is 5.64. The van der Waals surface area contributed by atoms with E-state index in [0.717, 1.165) is 6.07 Å². The van der Waals surface area contributed by atoms with Gasteiger partial charge in [-0.3, -0.25) is 14.9 Å². The predicted molar refractivity (Wildman–Crippen MR) is 88.8 cm³/mol. The molecular formula is C16H12BrNO6. The average molecular weight is 394 g/mol. The molecule has 0 radical (unpaired) electrons. The molecule has 0 aliphatic rings. The van der Waals surface area contributed by atoms with Crippen molar-refractivity contribution in [3.8, 4) is 11.5 Å². The molecule has 2 rings (SSSR count). The van der Waals surface area contributed by atoms with Crippen LogP contribution in [0.1, 0.15) is 27.6 Å². The molecule has 0 unspecified atom stereocenters. The lowest BCUT2D eigenvalue weighted by atomic mass is 10.2. The van der Waals surface area contributed by atoms with Gasteiger partial charge in [0.25, 0.3) is 5.69 Å². The third-order valence-electron chi connectivity index (χ3n) is 2.96. The van der Waals surface area contributed by atoms with E-state index in [4.69, 9.17) is 9.47 Å². The number of carbonyl (C=O) groups is 2. The van der Waals surface area contributed by atoms with E-state index in [1.54, 1.807) is 6.92 Å². The van der Waals surface area contributed by atoms with Crippen LogP contribution in [0.15, 0.2) is 40.9 Å². The standard InChI is InChI=1S/C16H12BrNO6/c1-2-23-14-7-10(9-19)6-13(17)15(14)24-16(20)11-4-3-5-12(8-11)18(21)22/h3-9H,2H2,1H3. The van der Waals surface area contributed by atoms with Crippen molar-refractivity contribution in [3.63, 3.8) is 0 Å². The number of hydrogen-bond donors (Lipinski definition) is 0. The molecule has 124 valence electrons. The molecule has 0 aliphatic carbocycles. The molecule has 0 fully saturated rings. The van der Waals surface area contributed by atoms with Gasteiger partial charge in [0, 0.05) is 17.7 Å². The Morgan fingerprint density at radius 1 is 1.33 bits per heavy atom. The van der Waals surface area contributed by atoms with Gasteiger partial charge < -0.3 is 9.47 Å². The van der Waals surface area contributed by atoms with Crippen LogP contribution in [0.4, 0.5) is 5.69 Å². The van der Waals surface area contributed by atoms with Gasteiger partial charge in [0.05, 0.1) is 21.6 Å². The van der Waals surface area contributed by atoms with Gasteiger partial charge in [-0.2, -0.15) is 0 Å². The van der Waals surface area contributed by atoms with E-state index in [2.05, 4.69) is 15.9 Å². The van der Waals surface area contributed by atoms with Gasteiger partial charge in [-0.25, -0.2) is 4.79 Å². The summed E-state index contributed by atoms with van der Waals surface area (Å²) < 4.78 is 11.0. The molecule has 2 aromatic rings. The zero-order chi connectivity index (χ0) is 17.7. The molecule has 0 aromatic heterocycles. The number of hydrogen-bond acceptors (Lipinski definition) is 6. The molecule has 7 nitrogen and oxygen atoms in total. The van der Waals surface area contributed by atoms with Gasteiger partial charge in [-0.1, -0.05) is 6.07 Å². The summed E-state index contributed by atoms with van der Waals surface area (Å²) in [7, 11) is 0. The fraction of sp³-hybridized carbons (Fsp3) is 0.125. The summed E-state index contributed by atoms with van der Waals surface area (Å²) in [6.07, 6.45) is 0.638. The zero-order valence-corrected chi connectivity index (χ0v) is 14.1. The highest BCUT2D eigenvalue weighted by Crippen LogP contribution is 2.37. The minimum absolute atomic E-state index is 0.0259. The zero-order valence-electron chi connectivity index (χ0n) is 12.5. The topological polar surface area (TPSA) is 95.7 Å². The van der Waals surface area contributed by atoms with Gasteiger partial charge in [0.15, 0.2) is 11.5 Å². The molecule has 8 heteroatoms. The fourth-order valence-corrected chi connectivity index (χ4v) is 2.46. The highest BCUT2D eigenvalue weighted by molar-refractivity contribution is 9.10. The van der Waals surface area contributed by atoms with Crippen molar-refractivity contribution in [1.82, 2.24) is 0 Å². The molecule has 0 bridgehead atoms. The number of halogens is 1. The van der Waals surface area contributed by atoms with E-state index in [-0.39, 0.29) is 22.7 Å². The molecule has 0 saturated heterocycles. The highest BCUT2D eigenvalue weighted by atomic mass is 79.9. The summed E-state index contributed by atoms with van der Waals surface area (Å²) in [5.74, 6) is -0.467. The summed E-state index contributed by atoms with van der Waals surface area (Å²) in [5.41, 5.74) is 0.156. The summed E-state index contributed by atoms with van der Waals surface area (Å²) in [5, 5.41) is 10.8. The van der Waals surface area contributed by atoms with E-state index in [1.807, 2.05) is 0 Å². The third-order valence-corrected chi connectivity index (χ3v) is 3.54. The lowest BCUT2D eigenvalue weighted by Gasteiger charge is -2.13. The average Bonchev–Trinajstić information content (AvgIpc) is 2.57. The maximum atomic E-state index is 12.3. The van der Waals surface area contributed by atoms with E-state index < -0.39 is 10.9 Å². The SMILES string of the molecule is CCOc1cc(C=O)cc(Br)c1OC(=O)c1cccc([N+](=O)[O-])c1. The second-order valence-electron chi connectivity index (χ2n) is 4.58. The molecule has 0 amide bonds. The second kappa shape index (κ2) is 7.69. The molecule has 24 heavy (non-hydrogen) atoms. The Labute approximate surface area is 145 Å². The van der Waals surface area contributed by atoms with E-state index in [0.29, 0.717) is 22.9 Å². The quantitative estimate of drug-likeness (QED) is 0.243. The Morgan fingerprint density at radius 2 is 2.08 bits per heavy atom. The Hall–Kier alpha value is -2.74. The summed E-state index contributed by atoms with van der Waals surface area (Å²) in [4.78, 5) is 33.4. The van der Waals surface area contributed by atoms with Crippen LogP contribution in [0.25, 0.3) is 0 Å². The first-order valence-corrected chi connectivity index (χ1v) is 7.63. The van der Waals surface area contributed by atoms with E-state index in [1.165, 1.54) is 30.3 Å². The summed E-state index contributed by atoms with van der Waals surface area (Å²) in [6.45, 7) is 2.05. The van der Waals surface area contributed by atoms with Gasteiger partial charge >= 0.3 is 5.97 Å². The van der Waals surface area contributed by atoms with Crippen molar-refractivity contribution in [1.29, 1.82) is 0 Å². The van der Waals surface area contributed by atoms with Crippen molar-refractivity contribution in [3.05, 3.63) is 62.1 Å². The first-order valence-electron chi connectivity index (χ1n) is 6.84. The van der Waals surface area contributed by atoms with Crippen molar-refractivity contribution >= 4 is 33.9 Å². The van der Waals surface area contributed by atoms with E-state index in [9.17, 15) is 19.7 Å². The van der Waals surface area contributed by atoms with Crippen molar-refractivity contribution in [2.45, 2.75) is 6.92 Å². The Bertz CT molecular complexity index is 805. The van der Waals surface area contributed by atoms with Gasteiger partial charge in [0.1, 0.15) is 6.29 Å². The van der Waals surface area contributed by atoms with Crippen LogP contribution in [-0.2, 0) is 0 Å². The minimum atomic E-state index is -0.779. The number of nitrogens with zero attached hydrogens (tertiary/aromatic N) is 1. The number of nitro benzene ring substituents is 1. The smallest absolute Gasteiger partial charge is 0.343 e. The first-order chi connectivity index (χ1) is 11.5. The second-order valence-corrected chi connectivity index (χ2v) is 5.43. The Balaban J connectivity index is 2.36. The third kappa shape index (κ3) is 3.96.